The lowest BCUT2D eigenvalue weighted by molar-refractivity contribution is -0.142. The number of halogens is 3. The Bertz CT molecular complexity index is 1650. The lowest BCUT2D eigenvalue weighted by atomic mass is 9.56. The highest BCUT2D eigenvalue weighted by Crippen LogP contribution is 2.66. The molecule has 2 aromatic rings. The monoisotopic (exact) mass is 642 g/mol. The lowest BCUT2D eigenvalue weighted by Gasteiger charge is -2.50. The minimum Gasteiger partial charge on any atom is -0.507 e. The minimum atomic E-state index is -2.07. The molecule has 2 heterocycles. The summed E-state index contributed by atoms with van der Waals surface area (Å²) in [4.78, 5) is 64.7. The molecule has 0 aromatic heterocycles. The third kappa shape index (κ3) is 4.14. The summed E-state index contributed by atoms with van der Waals surface area (Å²) >= 11 is 14.7. The van der Waals surface area contributed by atoms with Gasteiger partial charge in [0.2, 0.25) is 11.8 Å². The number of phenolic OH excluding ortho intramolecular Hbond substituents is 1. The summed E-state index contributed by atoms with van der Waals surface area (Å²) < 4.78 is 13.8. The zero-order valence-corrected chi connectivity index (χ0v) is 25.4. The summed E-state index contributed by atoms with van der Waals surface area (Å²) in [6.45, 7) is 3.32. The number of carboxylic acids is 1. The average molecular weight is 643 g/mol. The largest absolute Gasteiger partial charge is 0.507 e. The molecule has 0 bridgehead atoms. The molecule has 230 valence electrons. The van der Waals surface area contributed by atoms with Crippen LogP contribution in [0.4, 0.5) is 10.1 Å². The number of carboxylic acid groups (broad SMARTS) is 1. The molecule has 4 amide bonds. The molecule has 44 heavy (non-hydrogen) atoms. The van der Waals surface area contributed by atoms with Crippen molar-refractivity contribution in [3.63, 3.8) is 0 Å². The van der Waals surface area contributed by atoms with Crippen LogP contribution in [0.25, 0.3) is 0 Å². The first kappa shape index (κ1) is 30.3. The van der Waals surface area contributed by atoms with Gasteiger partial charge in [-0.25, -0.2) is 9.29 Å². The molecule has 6 rings (SSSR count). The van der Waals surface area contributed by atoms with Crippen LogP contribution in [0.3, 0.4) is 0 Å². The summed E-state index contributed by atoms with van der Waals surface area (Å²) in [5.41, 5.74) is 2.18. The van der Waals surface area contributed by atoms with Crippen molar-refractivity contribution in [2.75, 3.05) is 11.4 Å². The van der Waals surface area contributed by atoms with Crippen molar-refractivity contribution < 1.29 is 38.6 Å². The van der Waals surface area contributed by atoms with Gasteiger partial charge in [0.25, 0.3) is 11.8 Å². The molecule has 2 saturated heterocycles. The maximum Gasteiger partial charge on any atom is 0.303 e. The van der Waals surface area contributed by atoms with E-state index in [0.717, 1.165) is 21.9 Å². The lowest BCUT2D eigenvalue weighted by Crippen LogP contribution is -2.60. The van der Waals surface area contributed by atoms with Crippen LogP contribution >= 0.6 is 23.2 Å². The first-order valence-electron chi connectivity index (χ1n) is 14.3. The number of carbonyl (C=O) groups is 5. The molecule has 6 atom stereocenters. The molecule has 2 aliphatic heterocycles. The van der Waals surface area contributed by atoms with E-state index in [4.69, 9.17) is 28.3 Å². The molecule has 12 heteroatoms. The van der Waals surface area contributed by atoms with Gasteiger partial charge in [-0.1, -0.05) is 23.8 Å². The second kappa shape index (κ2) is 10.4. The van der Waals surface area contributed by atoms with Crippen LogP contribution in [0.5, 0.6) is 5.75 Å². The van der Waals surface area contributed by atoms with Crippen LogP contribution in [0.2, 0.25) is 0 Å². The number of amides is 4. The molecule has 2 N–H and O–H groups in total. The van der Waals surface area contributed by atoms with E-state index in [1.165, 1.54) is 12.1 Å². The number of aryl methyl sites for hydroxylation is 2. The van der Waals surface area contributed by atoms with E-state index in [2.05, 4.69) is 0 Å². The third-order valence-corrected chi connectivity index (χ3v) is 11.0. The summed E-state index contributed by atoms with van der Waals surface area (Å²) in [7, 11) is 0. The first-order valence-corrected chi connectivity index (χ1v) is 15.1. The Morgan fingerprint density at radius 2 is 1.64 bits per heavy atom. The molecule has 2 aromatic carbocycles. The van der Waals surface area contributed by atoms with Gasteiger partial charge in [-0.3, -0.25) is 28.9 Å². The van der Waals surface area contributed by atoms with E-state index in [1.54, 1.807) is 32.1 Å². The van der Waals surface area contributed by atoms with Gasteiger partial charge in [0.1, 0.15) is 11.6 Å². The van der Waals surface area contributed by atoms with Gasteiger partial charge < -0.3 is 10.2 Å². The molecule has 0 spiro atoms. The standard InChI is InChI=1S/C32H29Cl2FN2O7/c1-15-12-17(13-16(2)26(15)40)25-20-9-10-21-24(28(42)36(27(21)41)11-3-4-23(38)39)22(20)14-31(33)29(43)37(30(44)32(25,31)34)19-7-5-18(35)6-8-19/h5-9,12-13,21-22,24-25,40H,3-4,10-11,14H2,1-2H3,(H,38,39)/t21-,22+,24-,25-,31+,32-/m0/s1. The normalized spacial score (nSPS) is 31.2. The minimum absolute atomic E-state index is 0.0508. The first-order chi connectivity index (χ1) is 20.7. The van der Waals surface area contributed by atoms with Crippen LogP contribution in [0.1, 0.15) is 48.3 Å². The molecule has 0 unspecified atom stereocenters. The highest BCUT2D eigenvalue weighted by Gasteiger charge is 2.76. The van der Waals surface area contributed by atoms with Crippen LogP contribution in [0.15, 0.2) is 48.0 Å². The number of imide groups is 2. The van der Waals surface area contributed by atoms with Crippen LogP contribution < -0.4 is 4.90 Å². The van der Waals surface area contributed by atoms with E-state index in [0.29, 0.717) is 22.3 Å². The second-order valence-corrected chi connectivity index (χ2v) is 13.3. The number of nitrogens with zero attached hydrogens (tertiary/aromatic N) is 2. The number of allylic oxidation sites excluding steroid dienone is 2. The molecule has 1 saturated carbocycles. The number of phenols is 1. The highest BCUT2D eigenvalue weighted by molar-refractivity contribution is 6.58. The van der Waals surface area contributed by atoms with Gasteiger partial charge in [0, 0.05) is 18.9 Å². The SMILES string of the molecule is Cc1cc([C@H]2C3=CC[C@@H]4C(=O)N(CCCC(=O)O)C(=O)[C@@H]4[C@@H]3C[C@@]3(Cl)C(=O)N(c4ccc(F)cc4)C(=O)[C@@]23Cl)cc(C)c1O. The molecule has 2 aliphatic carbocycles. The Hall–Kier alpha value is -3.76. The van der Waals surface area contributed by atoms with Gasteiger partial charge in [-0.2, -0.15) is 0 Å². The van der Waals surface area contributed by atoms with Crippen molar-refractivity contribution in [3.8, 4) is 5.75 Å². The van der Waals surface area contributed by atoms with Gasteiger partial charge >= 0.3 is 5.97 Å². The molecular formula is C32H29Cl2FN2O7. The summed E-state index contributed by atoms with van der Waals surface area (Å²) in [5, 5.41) is 19.6. The number of hydrogen-bond donors (Lipinski definition) is 2. The Balaban J connectivity index is 1.50. The van der Waals surface area contributed by atoms with Crippen LogP contribution in [-0.2, 0) is 24.0 Å². The number of benzene rings is 2. The fourth-order valence-corrected chi connectivity index (χ4v) is 8.54. The van der Waals surface area contributed by atoms with E-state index in [-0.39, 0.29) is 43.7 Å². The molecule has 9 nitrogen and oxygen atoms in total. The van der Waals surface area contributed by atoms with E-state index in [9.17, 15) is 33.5 Å². The van der Waals surface area contributed by atoms with Gasteiger partial charge in [-0.05, 0) is 80.0 Å². The van der Waals surface area contributed by atoms with Crippen molar-refractivity contribution in [3.05, 3.63) is 70.6 Å². The van der Waals surface area contributed by atoms with Crippen molar-refractivity contribution in [2.24, 2.45) is 17.8 Å². The van der Waals surface area contributed by atoms with Crippen molar-refractivity contribution >= 4 is 58.5 Å². The summed E-state index contributed by atoms with van der Waals surface area (Å²) in [5.74, 6) is -7.49. The van der Waals surface area contributed by atoms with Crippen molar-refractivity contribution in [2.45, 2.75) is 55.2 Å². The number of alkyl halides is 2. The molecule has 3 fully saturated rings. The smallest absolute Gasteiger partial charge is 0.303 e. The number of carbonyl (C=O) groups excluding carboxylic acids is 4. The number of aromatic hydroxyl groups is 1. The zero-order chi connectivity index (χ0) is 31.9. The fourth-order valence-electron chi connectivity index (χ4n) is 7.60. The van der Waals surface area contributed by atoms with Gasteiger partial charge in [0.05, 0.1) is 17.5 Å². The number of likely N-dealkylation sites (tertiary alicyclic amines) is 1. The Labute approximate surface area is 262 Å². The third-order valence-electron chi connectivity index (χ3n) is 9.61. The maximum atomic E-state index is 14.4. The number of hydrogen-bond acceptors (Lipinski definition) is 6. The number of anilines is 1. The summed E-state index contributed by atoms with van der Waals surface area (Å²) in [6.07, 6.45) is 1.64. The van der Waals surface area contributed by atoms with E-state index in [1.807, 2.05) is 0 Å². The maximum absolute atomic E-state index is 14.4. The second-order valence-electron chi connectivity index (χ2n) is 12.1. The topological polar surface area (TPSA) is 132 Å². The van der Waals surface area contributed by atoms with Gasteiger partial charge in [-0.15, -0.1) is 23.2 Å². The fraction of sp³-hybridized carbons (Fsp3) is 0.406. The summed E-state index contributed by atoms with van der Waals surface area (Å²) in [6, 6.07) is 8.12. The quantitative estimate of drug-likeness (QED) is 0.268. The number of aliphatic carboxylic acids is 1. The molecule has 0 radical (unpaired) electrons. The Morgan fingerprint density at radius 1 is 1.00 bits per heavy atom. The number of fused-ring (bicyclic) bond motifs is 4. The zero-order valence-electron chi connectivity index (χ0n) is 23.9. The predicted octanol–water partition coefficient (Wildman–Crippen LogP) is 4.58. The number of rotatable bonds is 6. The van der Waals surface area contributed by atoms with Crippen LogP contribution in [-0.4, -0.2) is 61.0 Å². The van der Waals surface area contributed by atoms with E-state index >= 15 is 0 Å². The van der Waals surface area contributed by atoms with E-state index < -0.39 is 68.8 Å². The molecule has 4 aliphatic rings. The van der Waals surface area contributed by atoms with Crippen LogP contribution in [0, 0.1) is 37.4 Å². The Kier molecular flexibility index (Phi) is 7.16. The Morgan fingerprint density at radius 3 is 2.25 bits per heavy atom. The molecular weight excluding hydrogens is 614 g/mol. The highest BCUT2D eigenvalue weighted by atomic mass is 35.5. The van der Waals surface area contributed by atoms with Gasteiger partial charge in [0.15, 0.2) is 9.75 Å². The average Bonchev–Trinajstić information content (AvgIpc) is 3.29. The van der Waals surface area contributed by atoms with Crippen molar-refractivity contribution in [1.29, 1.82) is 0 Å². The predicted molar refractivity (Wildman–Crippen MR) is 158 cm³/mol. The van der Waals surface area contributed by atoms with Crippen molar-refractivity contribution in [1.82, 2.24) is 4.90 Å².